The van der Waals surface area contributed by atoms with Gasteiger partial charge in [0.1, 0.15) is 21.4 Å². The minimum atomic E-state index is -3.70. The second-order valence-corrected chi connectivity index (χ2v) is 10.2. The number of hydrogen-bond donors (Lipinski definition) is 1. The first-order valence-corrected chi connectivity index (χ1v) is 12.5. The maximum absolute atomic E-state index is 11.3. The minimum absolute atomic E-state index is 0.0646. The van der Waals surface area contributed by atoms with E-state index in [2.05, 4.69) is 28.2 Å². The number of nitrogens with two attached hydrogens (primary N) is 1. The lowest BCUT2D eigenvalue weighted by molar-refractivity contribution is 0.343. The van der Waals surface area contributed by atoms with Crippen LogP contribution in [0.25, 0.3) is 20.7 Å². The Morgan fingerprint density at radius 3 is 2.50 bits per heavy atom. The topological polar surface area (TPSA) is 95.2 Å². The highest BCUT2D eigenvalue weighted by Gasteiger charge is 2.12. The van der Waals surface area contributed by atoms with Gasteiger partial charge in [0, 0.05) is 16.0 Å². The van der Waals surface area contributed by atoms with Gasteiger partial charge in [-0.2, -0.15) is 0 Å². The van der Waals surface area contributed by atoms with Gasteiger partial charge in [-0.15, -0.1) is 23.1 Å². The Hall–Kier alpha value is -2.46. The molecule has 0 aliphatic rings. The zero-order chi connectivity index (χ0) is 21.1. The van der Waals surface area contributed by atoms with Gasteiger partial charge in [-0.3, -0.25) is 0 Å². The van der Waals surface area contributed by atoms with Crippen LogP contribution in [0.1, 0.15) is 5.82 Å². The number of aryl methyl sites for hydroxylation is 1. The minimum Gasteiger partial charge on any atom is -0.493 e. The Morgan fingerprint density at radius 1 is 1.07 bits per heavy atom. The van der Waals surface area contributed by atoms with E-state index in [1.807, 2.05) is 25.1 Å². The van der Waals surface area contributed by atoms with Crippen LogP contribution in [0.3, 0.4) is 0 Å². The average molecular weight is 458 g/mol. The first-order valence-electron chi connectivity index (χ1n) is 9.12. The van der Waals surface area contributed by atoms with Crippen molar-refractivity contribution in [3.05, 3.63) is 66.5 Å². The number of thioether (sulfide) groups is 1. The molecule has 30 heavy (non-hydrogen) atoms. The quantitative estimate of drug-likeness (QED) is 0.250. The van der Waals surface area contributed by atoms with Crippen molar-refractivity contribution in [2.24, 2.45) is 5.14 Å². The lowest BCUT2D eigenvalue weighted by atomic mass is 10.2. The van der Waals surface area contributed by atoms with Crippen LogP contribution in [-0.4, -0.2) is 30.7 Å². The Balaban J connectivity index is 1.44. The molecule has 0 amide bonds. The summed E-state index contributed by atoms with van der Waals surface area (Å²) in [6.07, 6.45) is 0. The molecule has 0 fully saturated rings. The van der Waals surface area contributed by atoms with E-state index in [1.54, 1.807) is 35.2 Å². The summed E-state index contributed by atoms with van der Waals surface area (Å²) in [6, 6.07) is 18.5. The Bertz CT molecular complexity index is 1270. The van der Waals surface area contributed by atoms with E-state index in [0.29, 0.717) is 18.1 Å². The second kappa shape index (κ2) is 8.73. The van der Waals surface area contributed by atoms with Gasteiger partial charge in [0.15, 0.2) is 0 Å². The Kier molecular flexibility index (Phi) is 6.05. The molecule has 2 aromatic carbocycles. The van der Waals surface area contributed by atoms with Gasteiger partial charge < -0.3 is 4.74 Å². The third-order valence-electron chi connectivity index (χ3n) is 4.27. The van der Waals surface area contributed by atoms with E-state index in [0.717, 1.165) is 21.1 Å². The number of fused-ring (bicyclic) bond motifs is 1. The third-order valence-corrected chi connectivity index (χ3v) is 7.23. The van der Waals surface area contributed by atoms with Crippen LogP contribution >= 0.6 is 23.1 Å². The number of thiophene rings is 1. The third kappa shape index (κ3) is 4.81. The highest BCUT2D eigenvalue weighted by molar-refractivity contribution is 7.99. The molecular formula is C21H19N3O3S3. The van der Waals surface area contributed by atoms with Crippen molar-refractivity contribution < 1.29 is 13.2 Å². The summed E-state index contributed by atoms with van der Waals surface area (Å²) in [5.41, 5.74) is 1.17. The van der Waals surface area contributed by atoms with Crippen molar-refractivity contribution in [2.45, 2.75) is 16.8 Å². The van der Waals surface area contributed by atoms with Crippen molar-refractivity contribution in [2.75, 3.05) is 12.4 Å². The predicted molar refractivity (Wildman–Crippen MR) is 122 cm³/mol. The number of benzene rings is 2. The summed E-state index contributed by atoms with van der Waals surface area (Å²) >= 11 is 3.28. The van der Waals surface area contributed by atoms with Crippen LogP contribution < -0.4 is 9.88 Å². The molecule has 0 spiro atoms. The van der Waals surface area contributed by atoms with Gasteiger partial charge in [0.2, 0.25) is 10.0 Å². The highest BCUT2D eigenvalue weighted by Crippen LogP contribution is 2.36. The van der Waals surface area contributed by atoms with Crippen molar-refractivity contribution in [3.63, 3.8) is 0 Å². The fourth-order valence-corrected chi connectivity index (χ4v) is 5.41. The molecule has 0 atom stereocenters. The van der Waals surface area contributed by atoms with E-state index in [1.165, 1.54) is 22.6 Å². The number of primary sulfonamides is 1. The number of ether oxygens (including phenoxy) is 1. The summed E-state index contributed by atoms with van der Waals surface area (Å²) in [6.45, 7) is 2.36. The summed E-state index contributed by atoms with van der Waals surface area (Å²) in [7, 11) is -3.70. The van der Waals surface area contributed by atoms with Crippen molar-refractivity contribution in [1.82, 2.24) is 9.97 Å². The van der Waals surface area contributed by atoms with Crippen molar-refractivity contribution in [1.29, 1.82) is 0 Å². The summed E-state index contributed by atoms with van der Waals surface area (Å²) in [4.78, 5) is 11.4. The molecule has 0 aliphatic heterocycles. The van der Waals surface area contributed by atoms with Crippen LogP contribution in [0.5, 0.6) is 5.75 Å². The number of aromatic nitrogens is 2. The molecule has 9 heteroatoms. The SMILES string of the molecule is Cc1nc(SCCOc2ccc(S(N)(=O)=O)cc2)c2cc(-c3ccccc3)sc2n1. The fraction of sp³-hybridized carbons (Fsp3) is 0.143. The fourth-order valence-electron chi connectivity index (χ4n) is 2.87. The van der Waals surface area contributed by atoms with Gasteiger partial charge >= 0.3 is 0 Å². The molecule has 0 saturated carbocycles. The molecule has 0 aliphatic carbocycles. The molecule has 154 valence electrons. The van der Waals surface area contributed by atoms with E-state index in [-0.39, 0.29) is 4.90 Å². The van der Waals surface area contributed by atoms with Gasteiger partial charge in [0.05, 0.1) is 11.5 Å². The van der Waals surface area contributed by atoms with E-state index in [9.17, 15) is 8.42 Å². The summed E-state index contributed by atoms with van der Waals surface area (Å²) in [5.74, 6) is 2.03. The maximum atomic E-state index is 11.3. The summed E-state index contributed by atoms with van der Waals surface area (Å²) < 4.78 is 28.3. The summed E-state index contributed by atoms with van der Waals surface area (Å²) in [5, 5.41) is 7.09. The normalized spacial score (nSPS) is 11.7. The van der Waals surface area contributed by atoms with E-state index in [4.69, 9.17) is 9.88 Å². The number of nitrogens with zero attached hydrogens (tertiary/aromatic N) is 2. The lowest BCUT2D eigenvalue weighted by Gasteiger charge is -2.07. The van der Waals surface area contributed by atoms with Crippen LogP contribution in [0.2, 0.25) is 0 Å². The predicted octanol–water partition coefficient (Wildman–Crippen LogP) is 4.49. The van der Waals surface area contributed by atoms with Gasteiger partial charge in [-0.05, 0) is 42.8 Å². The molecule has 2 aromatic heterocycles. The molecule has 2 N–H and O–H groups in total. The number of rotatable bonds is 7. The van der Waals surface area contributed by atoms with Crippen LogP contribution in [-0.2, 0) is 10.0 Å². The standard InChI is InChI=1S/C21H19N3O3S3/c1-14-23-20(18-13-19(29-21(18)24-14)15-5-3-2-4-6-15)28-12-11-27-16-7-9-17(10-8-16)30(22,25)26/h2-10,13H,11-12H2,1H3,(H2,22,25,26). The molecule has 2 heterocycles. The van der Waals surface area contributed by atoms with Crippen LogP contribution in [0, 0.1) is 6.92 Å². The second-order valence-electron chi connectivity index (χ2n) is 6.48. The number of sulfonamides is 1. The lowest BCUT2D eigenvalue weighted by Crippen LogP contribution is -2.11. The van der Waals surface area contributed by atoms with Crippen molar-refractivity contribution >= 4 is 43.3 Å². The molecule has 0 saturated heterocycles. The zero-order valence-corrected chi connectivity index (χ0v) is 18.6. The van der Waals surface area contributed by atoms with E-state index < -0.39 is 10.0 Å². The average Bonchev–Trinajstić information content (AvgIpc) is 3.15. The largest absolute Gasteiger partial charge is 0.493 e. The van der Waals surface area contributed by atoms with E-state index >= 15 is 0 Å². The first-order chi connectivity index (χ1) is 14.4. The van der Waals surface area contributed by atoms with Crippen molar-refractivity contribution in [3.8, 4) is 16.2 Å². The molecule has 0 unspecified atom stereocenters. The molecular weight excluding hydrogens is 438 g/mol. The highest BCUT2D eigenvalue weighted by atomic mass is 32.2. The van der Waals surface area contributed by atoms with Crippen LogP contribution in [0.15, 0.2) is 70.6 Å². The Morgan fingerprint density at radius 2 is 1.80 bits per heavy atom. The van der Waals surface area contributed by atoms with Gasteiger partial charge in [-0.1, -0.05) is 30.3 Å². The first kappa shape index (κ1) is 20.8. The smallest absolute Gasteiger partial charge is 0.238 e. The van der Waals surface area contributed by atoms with Crippen LogP contribution in [0.4, 0.5) is 0 Å². The number of hydrogen-bond acceptors (Lipinski definition) is 7. The maximum Gasteiger partial charge on any atom is 0.238 e. The molecule has 4 aromatic rings. The van der Waals surface area contributed by atoms with Gasteiger partial charge in [0.25, 0.3) is 0 Å². The monoisotopic (exact) mass is 457 g/mol. The molecule has 0 bridgehead atoms. The van der Waals surface area contributed by atoms with Gasteiger partial charge in [-0.25, -0.2) is 23.5 Å². The molecule has 0 radical (unpaired) electrons. The Labute approximate surface area is 183 Å². The zero-order valence-electron chi connectivity index (χ0n) is 16.1. The molecule has 6 nitrogen and oxygen atoms in total. The molecule has 4 rings (SSSR count).